The lowest BCUT2D eigenvalue weighted by Gasteiger charge is -2.13. The molecule has 0 atom stereocenters. The molecule has 0 unspecified atom stereocenters. The SMILES string of the molecule is COc1cc(C)c(NC(=O)CCCO)cc1OC. The van der Waals surface area contributed by atoms with Gasteiger partial charge in [0.15, 0.2) is 11.5 Å². The van der Waals surface area contributed by atoms with Crippen LogP contribution in [0.5, 0.6) is 11.5 Å². The van der Waals surface area contributed by atoms with Crippen LogP contribution in [0.25, 0.3) is 0 Å². The molecule has 0 fully saturated rings. The van der Waals surface area contributed by atoms with E-state index in [0.717, 1.165) is 5.56 Å². The van der Waals surface area contributed by atoms with Crippen molar-refractivity contribution in [1.29, 1.82) is 0 Å². The summed E-state index contributed by atoms with van der Waals surface area (Å²) in [5.41, 5.74) is 1.58. The standard InChI is InChI=1S/C13H19NO4/c1-9-7-11(17-2)12(18-3)8-10(9)14-13(16)5-4-6-15/h7-8,15H,4-6H2,1-3H3,(H,14,16). The first kappa shape index (κ1) is 14.3. The Kier molecular flexibility index (Phi) is 5.45. The Morgan fingerprint density at radius 3 is 2.44 bits per heavy atom. The highest BCUT2D eigenvalue weighted by Crippen LogP contribution is 2.32. The van der Waals surface area contributed by atoms with Crippen LogP contribution in [-0.2, 0) is 4.79 Å². The zero-order valence-electron chi connectivity index (χ0n) is 10.9. The first-order valence-corrected chi connectivity index (χ1v) is 5.75. The van der Waals surface area contributed by atoms with Crippen molar-refractivity contribution in [2.24, 2.45) is 0 Å². The minimum absolute atomic E-state index is 0.0122. The summed E-state index contributed by atoms with van der Waals surface area (Å²) in [4.78, 5) is 11.6. The van der Waals surface area contributed by atoms with Crippen LogP contribution in [0.1, 0.15) is 18.4 Å². The first-order chi connectivity index (χ1) is 8.62. The number of benzene rings is 1. The monoisotopic (exact) mass is 253 g/mol. The van der Waals surface area contributed by atoms with Gasteiger partial charge in [0.05, 0.1) is 14.2 Å². The quantitative estimate of drug-likeness (QED) is 0.810. The van der Waals surface area contributed by atoms with Gasteiger partial charge in [-0.15, -0.1) is 0 Å². The molecule has 0 bridgehead atoms. The van der Waals surface area contributed by atoms with E-state index in [0.29, 0.717) is 30.0 Å². The Labute approximate surface area is 107 Å². The van der Waals surface area contributed by atoms with E-state index < -0.39 is 0 Å². The zero-order valence-corrected chi connectivity index (χ0v) is 10.9. The first-order valence-electron chi connectivity index (χ1n) is 5.75. The number of aliphatic hydroxyl groups excluding tert-OH is 1. The Morgan fingerprint density at radius 1 is 1.28 bits per heavy atom. The molecule has 5 nitrogen and oxygen atoms in total. The molecule has 0 aliphatic heterocycles. The van der Waals surface area contributed by atoms with Gasteiger partial charge in [-0.3, -0.25) is 4.79 Å². The van der Waals surface area contributed by atoms with E-state index in [-0.39, 0.29) is 12.5 Å². The molecule has 2 N–H and O–H groups in total. The van der Waals surface area contributed by atoms with Crippen molar-refractivity contribution in [3.63, 3.8) is 0 Å². The van der Waals surface area contributed by atoms with Gasteiger partial charge in [-0.2, -0.15) is 0 Å². The summed E-state index contributed by atoms with van der Waals surface area (Å²) in [6, 6.07) is 3.53. The fraction of sp³-hybridized carbons (Fsp3) is 0.462. The largest absolute Gasteiger partial charge is 0.493 e. The fourth-order valence-electron chi connectivity index (χ4n) is 1.57. The number of aliphatic hydroxyl groups is 1. The van der Waals surface area contributed by atoms with Gasteiger partial charge < -0.3 is 19.9 Å². The molecule has 100 valence electrons. The van der Waals surface area contributed by atoms with Gasteiger partial charge in [0.1, 0.15) is 0 Å². The lowest BCUT2D eigenvalue weighted by molar-refractivity contribution is -0.116. The van der Waals surface area contributed by atoms with Gasteiger partial charge in [0.2, 0.25) is 5.91 Å². The Bertz CT molecular complexity index is 418. The van der Waals surface area contributed by atoms with E-state index in [2.05, 4.69) is 5.32 Å². The maximum absolute atomic E-state index is 11.6. The second-order valence-corrected chi connectivity index (χ2v) is 3.90. The maximum Gasteiger partial charge on any atom is 0.224 e. The van der Waals surface area contributed by atoms with Gasteiger partial charge >= 0.3 is 0 Å². The van der Waals surface area contributed by atoms with Gasteiger partial charge in [0.25, 0.3) is 0 Å². The molecule has 0 saturated heterocycles. The molecule has 0 heterocycles. The number of methoxy groups -OCH3 is 2. The van der Waals surface area contributed by atoms with Crippen molar-refractivity contribution in [3.8, 4) is 11.5 Å². The molecule has 1 aromatic carbocycles. The zero-order chi connectivity index (χ0) is 13.5. The van der Waals surface area contributed by atoms with E-state index in [4.69, 9.17) is 14.6 Å². The summed E-state index contributed by atoms with van der Waals surface area (Å²) >= 11 is 0. The Hall–Kier alpha value is -1.75. The van der Waals surface area contributed by atoms with E-state index >= 15 is 0 Å². The van der Waals surface area contributed by atoms with Crippen LogP contribution in [0.15, 0.2) is 12.1 Å². The highest BCUT2D eigenvalue weighted by Gasteiger charge is 2.10. The Balaban J connectivity index is 2.85. The van der Waals surface area contributed by atoms with Crippen LogP contribution >= 0.6 is 0 Å². The summed E-state index contributed by atoms with van der Waals surface area (Å²) in [6.45, 7) is 1.89. The third kappa shape index (κ3) is 3.63. The number of ether oxygens (including phenoxy) is 2. The highest BCUT2D eigenvalue weighted by molar-refractivity contribution is 5.91. The van der Waals surface area contributed by atoms with Crippen LogP contribution in [0, 0.1) is 6.92 Å². The second kappa shape index (κ2) is 6.86. The van der Waals surface area contributed by atoms with Crippen LogP contribution in [0.3, 0.4) is 0 Å². The number of carbonyl (C=O) groups excluding carboxylic acids is 1. The average Bonchev–Trinajstić information content (AvgIpc) is 2.38. The van der Waals surface area contributed by atoms with Crippen LogP contribution in [-0.4, -0.2) is 31.8 Å². The lowest BCUT2D eigenvalue weighted by atomic mass is 10.1. The number of rotatable bonds is 6. The molecule has 0 saturated carbocycles. The number of hydrogen-bond acceptors (Lipinski definition) is 4. The summed E-state index contributed by atoms with van der Waals surface area (Å²) < 4.78 is 10.3. The van der Waals surface area contributed by atoms with E-state index in [1.807, 2.05) is 6.92 Å². The van der Waals surface area contributed by atoms with Gasteiger partial charge in [0, 0.05) is 24.8 Å². The van der Waals surface area contributed by atoms with E-state index in [9.17, 15) is 4.79 Å². The summed E-state index contributed by atoms with van der Waals surface area (Å²) in [5.74, 6) is 1.07. The van der Waals surface area contributed by atoms with E-state index in [1.54, 1.807) is 26.4 Å². The molecule has 5 heteroatoms. The number of carbonyl (C=O) groups is 1. The maximum atomic E-state index is 11.6. The van der Waals surface area contributed by atoms with Crippen LogP contribution in [0.2, 0.25) is 0 Å². The van der Waals surface area contributed by atoms with Gasteiger partial charge in [-0.05, 0) is 25.0 Å². The highest BCUT2D eigenvalue weighted by atomic mass is 16.5. The van der Waals surface area contributed by atoms with Crippen molar-refractivity contribution in [2.45, 2.75) is 19.8 Å². The molecule has 0 aliphatic carbocycles. The molecule has 0 aromatic heterocycles. The minimum Gasteiger partial charge on any atom is -0.493 e. The molecular formula is C13H19NO4. The fourth-order valence-corrected chi connectivity index (χ4v) is 1.57. The molecule has 0 spiro atoms. The van der Waals surface area contributed by atoms with Crippen molar-refractivity contribution < 1.29 is 19.4 Å². The number of hydrogen-bond donors (Lipinski definition) is 2. The molecule has 0 aliphatic rings. The minimum atomic E-state index is -0.126. The Morgan fingerprint density at radius 2 is 1.89 bits per heavy atom. The average molecular weight is 253 g/mol. The predicted molar refractivity (Wildman–Crippen MR) is 69.2 cm³/mol. The summed E-state index contributed by atoms with van der Waals surface area (Å²) in [5, 5.41) is 11.5. The number of nitrogens with one attached hydrogen (secondary N) is 1. The van der Waals surface area contributed by atoms with Gasteiger partial charge in [-0.1, -0.05) is 0 Å². The topological polar surface area (TPSA) is 67.8 Å². The van der Waals surface area contributed by atoms with E-state index in [1.165, 1.54) is 0 Å². The predicted octanol–water partition coefficient (Wildman–Crippen LogP) is 1.72. The molecule has 0 radical (unpaired) electrons. The molecule has 18 heavy (non-hydrogen) atoms. The van der Waals surface area contributed by atoms with Crippen molar-refractivity contribution in [1.82, 2.24) is 0 Å². The lowest BCUT2D eigenvalue weighted by Crippen LogP contribution is -2.13. The normalized spacial score (nSPS) is 10.0. The van der Waals surface area contributed by atoms with Crippen LogP contribution in [0.4, 0.5) is 5.69 Å². The number of aryl methyl sites for hydroxylation is 1. The van der Waals surface area contributed by atoms with Crippen molar-refractivity contribution in [3.05, 3.63) is 17.7 Å². The number of anilines is 1. The third-order valence-electron chi connectivity index (χ3n) is 2.57. The van der Waals surface area contributed by atoms with Crippen molar-refractivity contribution in [2.75, 3.05) is 26.1 Å². The second-order valence-electron chi connectivity index (χ2n) is 3.90. The van der Waals surface area contributed by atoms with Crippen molar-refractivity contribution >= 4 is 11.6 Å². The third-order valence-corrected chi connectivity index (χ3v) is 2.57. The number of amides is 1. The molecule has 1 amide bonds. The molecule has 1 aromatic rings. The summed E-state index contributed by atoms with van der Waals surface area (Å²) in [6.07, 6.45) is 0.752. The summed E-state index contributed by atoms with van der Waals surface area (Å²) in [7, 11) is 3.11. The van der Waals surface area contributed by atoms with Crippen LogP contribution < -0.4 is 14.8 Å². The molecule has 1 rings (SSSR count). The smallest absolute Gasteiger partial charge is 0.224 e. The molecular weight excluding hydrogens is 234 g/mol. The van der Waals surface area contributed by atoms with Gasteiger partial charge in [-0.25, -0.2) is 0 Å².